The van der Waals surface area contributed by atoms with E-state index in [0.717, 1.165) is 17.6 Å². The van der Waals surface area contributed by atoms with E-state index in [1.807, 2.05) is 33.8 Å². The molecule has 4 nitrogen and oxygen atoms in total. The first-order valence-corrected chi connectivity index (χ1v) is 7.41. The van der Waals surface area contributed by atoms with E-state index in [1.54, 1.807) is 6.07 Å². The largest absolute Gasteiger partial charge is 0.495 e. The predicted molar refractivity (Wildman–Crippen MR) is 83.2 cm³/mol. The molecule has 2 rings (SSSR count). The molecule has 2 heterocycles. The number of aromatic nitrogens is 1. The molecule has 0 aromatic carbocycles. The second-order valence-corrected chi connectivity index (χ2v) is 7.08. The molecule has 0 unspecified atom stereocenters. The molecule has 0 amide bonds. The molecule has 0 spiro atoms. The zero-order valence-corrected chi connectivity index (χ0v) is 13.7. The number of hydrogen-bond acceptors (Lipinski definition) is 4. The van der Waals surface area contributed by atoms with Gasteiger partial charge in [0.2, 0.25) is 0 Å². The van der Waals surface area contributed by atoms with Gasteiger partial charge in [-0.15, -0.1) is 0 Å². The highest BCUT2D eigenvalue weighted by molar-refractivity contribution is 6.62. The Kier molecular flexibility index (Phi) is 4.14. The molecule has 0 bridgehead atoms. The molecule has 0 aliphatic carbocycles. The zero-order chi connectivity index (χ0) is 15.8. The summed E-state index contributed by atoms with van der Waals surface area (Å²) in [4.78, 5) is 4.36. The third kappa shape index (κ3) is 3.28. The van der Waals surface area contributed by atoms with Crippen LogP contribution in [0.2, 0.25) is 0 Å². The highest BCUT2D eigenvalue weighted by Gasteiger charge is 2.51. The molecule has 0 radical (unpaired) electrons. The van der Waals surface area contributed by atoms with Gasteiger partial charge in [0.15, 0.2) is 0 Å². The fourth-order valence-electron chi connectivity index (χ4n) is 2.31. The van der Waals surface area contributed by atoms with Gasteiger partial charge in [0, 0.05) is 5.69 Å². The SMILES string of the molecule is CC(C)Cc1cc(B2OC(C)(C)C(C)(C)O2)cc(C#N)n1. The minimum absolute atomic E-state index is 0.383. The maximum atomic E-state index is 9.17. The van der Waals surface area contributed by atoms with Crippen LogP contribution in [0.1, 0.15) is 52.9 Å². The van der Waals surface area contributed by atoms with Gasteiger partial charge in [0.1, 0.15) is 11.8 Å². The third-order valence-corrected chi connectivity index (χ3v) is 4.16. The molecular formula is C16H23BN2O2. The van der Waals surface area contributed by atoms with Gasteiger partial charge in [-0.3, -0.25) is 0 Å². The van der Waals surface area contributed by atoms with E-state index in [4.69, 9.17) is 9.31 Å². The Morgan fingerprint density at radius 3 is 2.24 bits per heavy atom. The third-order valence-electron chi connectivity index (χ3n) is 4.16. The molecule has 1 aliphatic heterocycles. The van der Waals surface area contributed by atoms with Crippen LogP contribution in [-0.4, -0.2) is 23.3 Å². The lowest BCUT2D eigenvalue weighted by molar-refractivity contribution is 0.00578. The lowest BCUT2D eigenvalue weighted by atomic mass is 9.78. The number of rotatable bonds is 3. The monoisotopic (exact) mass is 286 g/mol. The zero-order valence-electron chi connectivity index (χ0n) is 13.7. The van der Waals surface area contributed by atoms with Gasteiger partial charge >= 0.3 is 7.12 Å². The first-order chi connectivity index (χ1) is 9.64. The van der Waals surface area contributed by atoms with Crippen molar-refractivity contribution in [3.8, 4) is 6.07 Å². The molecule has 1 aromatic rings. The van der Waals surface area contributed by atoms with Gasteiger partial charge in [-0.2, -0.15) is 5.26 Å². The van der Waals surface area contributed by atoms with Crippen LogP contribution in [0.15, 0.2) is 12.1 Å². The van der Waals surface area contributed by atoms with Gasteiger partial charge in [0.05, 0.1) is 11.2 Å². The highest BCUT2D eigenvalue weighted by Crippen LogP contribution is 2.36. The maximum Gasteiger partial charge on any atom is 0.495 e. The fraction of sp³-hybridized carbons (Fsp3) is 0.625. The van der Waals surface area contributed by atoms with Crippen molar-refractivity contribution in [3.05, 3.63) is 23.5 Å². The van der Waals surface area contributed by atoms with Gasteiger partial charge < -0.3 is 9.31 Å². The normalized spacial score (nSPS) is 19.8. The van der Waals surface area contributed by atoms with Crippen molar-refractivity contribution in [2.45, 2.75) is 59.2 Å². The Morgan fingerprint density at radius 1 is 1.19 bits per heavy atom. The van der Waals surface area contributed by atoms with Gasteiger partial charge in [-0.25, -0.2) is 4.98 Å². The smallest absolute Gasteiger partial charge is 0.399 e. The molecule has 5 heteroatoms. The average molecular weight is 286 g/mol. The van der Waals surface area contributed by atoms with E-state index in [-0.39, 0.29) is 11.2 Å². The van der Waals surface area contributed by atoms with Crippen molar-refractivity contribution in [2.24, 2.45) is 5.92 Å². The van der Waals surface area contributed by atoms with E-state index >= 15 is 0 Å². The van der Waals surface area contributed by atoms with E-state index in [1.165, 1.54) is 0 Å². The van der Waals surface area contributed by atoms with Gasteiger partial charge in [-0.05, 0) is 57.6 Å². The lowest BCUT2D eigenvalue weighted by Crippen LogP contribution is -2.41. The second kappa shape index (κ2) is 5.44. The van der Waals surface area contributed by atoms with Crippen molar-refractivity contribution in [1.29, 1.82) is 5.26 Å². The standard InChI is InChI=1S/C16H23BN2O2/c1-11(2)7-13-8-12(9-14(10-18)19-13)17-20-15(3,4)16(5,6)21-17/h8-9,11H,7H2,1-6H3. The van der Waals surface area contributed by atoms with Crippen molar-refractivity contribution < 1.29 is 9.31 Å². The summed E-state index contributed by atoms with van der Waals surface area (Å²) in [5, 5.41) is 9.17. The first kappa shape index (κ1) is 16.0. The molecular weight excluding hydrogens is 263 g/mol. The molecule has 0 atom stereocenters. The van der Waals surface area contributed by atoms with Crippen molar-refractivity contribution in [2.75, 3.05) is 0 Å². The number of nitrogens with zero attached hydrogens (tertiary/aromatic N) is 2. The summed E-state index contributed by atoms with van der Waals surface area (Å²) >= 11 is 0. The first-order valence-electron chi connectivity index (χ1n) is 7.41. The Morgan fingerprint density at radius 2 is 1.76 bits per heavy atom. The number of nitriles is 1. The molecule has 1 aromatic heterocycles. The molecule has 1 fully saturated rings. The van der Waals surface area contributed by atoms with Crippen LogP contribution < -0.4 is 5.46 Å². The Balaban J connectivity index is 2.35. The van der Waals surface area contributed by atoms with Crippen LogP contribution in [-0.2, 0) is 15.7 Å². The fourth-order valence-corrected chi connectivity index (χ4v) is 2.31. The van der Waals surface area contributed by atoms with Crippen LogP contribution in [0.25, 0.3) is 0 Å². The van der Waals surface area contributed by atoms with Crippen molar-refractivity contribution >= 4 is 12.6 Å². The van der Waals surface area contributed by atoms with E-state index in [9.17, 15) is 5.26 Å². The van der Waals surface area contributed by atoms with Crippen LogP contribution in [0.5, 0.6) is 0 Å². The molecule has 112 valence electrons. The molecule has 0 saturated carbocycles. The average Bonchev–Trinajstić information content (AvgIpc) is 2.57. The Labute approximate surface area is 127 Å². The summed E-state index contributed by atoms with van der Waals surface area (Å²) in [6.07, 6.45) is 0.835. The van der Waals surface area contributed by atoms with Crippen LogP contribution in [0.4, 0.5) is 0 Å². The van der Waals surface area contributed by atoms with Gasteiger partial charge in [0.25, 0.3) is 0 Å². The number of hydrogen-bond donors (Lipinski definition) is 0. The maximum absolute atomic E-state index is 9.17. The van der Waals surface area contributed by atoms with E-state index < -0.39 is 7.12 Å². The summed E-state index contributed by atoms with van der Waals surface area (Å²) in [6.45, 7) is 12.4. The summed E-state index contributed by atoms with van der Waals surface area (Å²) in [5.74, 6) is 0.484. The topological polar surface area (TPSA) is 55.1 Å². The Bertz CT molecular complexity index is 560. The van der Waals surface area contributed by atoms with Crippen LogP contribution >= 0.6 is 0 Å². The number of pyridine rings is 1. The molecule has 1 saturated heterocycles. The minimum Gasteiger partial charge on any atom is -0.399 e. The highest BCUT2D eigenvalue weighted by atomic mass is 16.7. The summed E-state index contributed by atoms with van der Waals surface area (Å²) < 4.78 is 12.1. The van der Waals surface area contributed by atoms with Crippen molar-refractivity contribution in [1.82, 2.24) is 4.98 Å². The predicted octanol–water partition coefficient (Wildman–Crippen LogP) is 2.45. The summed E-state index contributed by atoms with van der Waals surface area (Å²) in [7, 11) is -0.448. The molecule has 1 aliphatic rings. The molecule has 21 heavy (non-hydrogen) atoms. The quantitative estimate of drug-likeness (QED) is 0.801. The molecule has 0 N–H and O–H groups in total. The summed E-state index contributed by atoms with van der Waals surface area (Å²) in [5.41, 5.74) is 1.43. The van der Waals surface area contributed by atoms with E-state index in [0.29, 0.717) is 11.6 Å². The Hall–Kier alpha value is -1.38. The minimum atomic E-state index is -0.448. The van der Waals surface area contributed by atoms with E-state index in [2.05, 4.69) is 24.9 Å². The van der Waals surface area contributed by atoms with Gasteiger partial charge in [-0.1, -0.05) is 13.8 Å². The van der Waals surface area contributed by atoms with Crippen molar-refractivity contribution in [3.63, 3.8) is 0 Å². The second-order valence-electron chi connectivity index (χ2n) is 7.08. The summed E-state index contributed by atoms with van der Waals surface area (Å²) in [6, 6.07) is 5.87. The lowest BCUT2D eigenvalue weighted by Gasteiger charge is -2.32. The van der Waals surface area contributed by atoms with Crippen LogP contribution in [0.3, 0.4) is 0 Å². The van der Waals surface area contributed by atoms with Crippen LogP contribution in [0, 0.1) is 17.2 Å².